The number of ether oxygens (including phenoxy) is 2. The fourth-order valence-electron chi connectivity index (χ4n) is 2.63. The molecule has 0 amide bonds. The molecule has 0 saturated carbocycles. The predicted octanol–water partition coefficient (Wildman–Crippen LogP) is 4.61. The molecule has 1 atom stereocenters. The fourth-order valence-corrected chi connectivity index (χ4v) is 2.75. The molecule has 2 aromatic carbocycles. The van der Waals surface area contributed by atoms with Gasteiger partial charge in [0.2, 0.25) is 0 Å². The topological polar surface area (TPSA) is 30.5 Å². The molecule has 0 unspecified atom stereocenters. The van der Waals surface area contributed by atoms with Crippen LogP contribution in [0.3, 0.4) is 0 Å². The van der Waals surface area contributed by atoms with Gasteiger partial charge >= 0.3 is 0 Å². The Labute approximate surface area is 149 Å². The van der Waals surface area contributed by atoms with Crippen LogP contribution in [0.1, 0.15) is 31.0 Å². The van der Waals surface area contributed by atoms with Gasteiger partial charge in [0.15, 0.2) is 6.29 Å². The van der Waals surface area contributed by atoms with Crippen molar-refractivity contribution in [2.24, 2.45) is 0 Å². The zero-order valence-electron chi connectivity index (χ0n) is 14.4. The van der Waals surface area contributed by atoms with Crippen LogP contribution in [0, 0.1) is 0 Å². The molecule has 130 valence electrons. The standard InChI is InChI=1S/C20H26ClNO2/c1-3-23-20(24-4-2)15-22-19(17-8-6-5-7-9-17)14-16-10-12-18(21)13-11-16/h5-13,19-20,22H,3-4,14-15H2,1-2H3/t19-/m0/s1. The molecule has 0 aromatic heterocycles. The Bertz CT molecular complexity index is 568. The summed E-state index contributed by atoms with van der Waals surface area (Å²) in [6, 6.07) is 18.6. The average molecular weight is 348 g/mol. The molecule has 0 aliphatic carbocycles. The quantitative estimate of drug-likeness (QED) is 0.636. The maximum atomic E-state index is 5.99. The van der Waals surface area contributed by atoms with E-state index in [1.807, 2.05) is 32.0 Å². The minimum atomic E-state index is -0.226. The average Bonchev–Trinajstić information content (AvgIpc) is 2.61. The Hall–Kier alpha value is -1.39. The lowest BCUT2D eigenvalue weighted by Crippen LogP contribution is -2.35. The van der Waals surface area contributed by atoms with Crippen molar-refractivity contribution < 1.29 is 9.47 Å². The van der Waals surface area contributed by atoms with Gasteiger partial charge in [0.05, 0.1) is 0 Å². The predicted molar refractivity (Wildman–Crippen MR) is 99.4 cm³/mol. The highest BCUT2D eigenvalue weighted by Gasteiger charge is 2.15. The SMILES string of the molecule is CCOC(CN[C@@H](Cc1ccc(Cl)cc1)c1ccccc1)OCC. The molecule has 0 fully saturated rings. The van der Waals surface area contributed by atoms with Crippen LogP contribution in [-0.4, -0.2) is 26.0 Å². The molecule has 0 heterocycles. The summed E-state index contributed by atoms with van der Waals surface area (Å²) in [5, 5.41) is 4.35. The van der Waals surface area contributed by atoms with Gasteiger partial charge in [0.1, 0.15) is 0 Å². The summed E-state index contributed by atoms with van der Waals surface area (Å²) in [5.41, 5.74) is 2.49. The number of hydrogen-bond acceptors (Lipinski definition) is 3. The van der Waals surface area contributed by atoms with E-state index in [-0.39, 0.29) is 12.3 Å². The lowest BCUT2D eigenvalue weighted by Gasteiger charge is -2.23. The third-order valence-corrected chi connectivity index (χ3v) is 4.04. The molecule has 0 spiro atoms. The van der Waals surface area contributed by atoms with Gasteiger partial charge in [-0.3, -0.25) is 0 Å². The molecule has 0 aliphatic heterocycles. The largest absolute Gasteiger partial charge is 0.352 e. The third kappa shape index (κ3) is 6.25. The Balaban J connectivity index is 2.06. The van der Waals surface area contributed by atoms with Crippen LogP contribution in [-0.2, 0) is 15.9 Å². The zero-order valence-corrected chi connectivity index (χ0v) is 15.1. The minimum absolute atomic E-state index is 0.191. The normalized spacial score (nSPS) is 12.5. The summed E-state index contributed by atoms with van der Waals surface area (Å²) in [5.74, 6) is 0. The molecular weight excluding hydrogens is 322 g/mol. The molecule has 0 radical (unpaired) electrons. The third-order valence-electron chi connectivity index (χ3n) is 3.79. The van der Waals surface area contributed by atoms with Crippen LogP contribution >= 0.6 is 11.6 Å². The van der Waals surface area contributed by atoms with E-state index in [0.29, 0.717) is 19.8 Å². The molecule has 4 heteroatoms. The highest BCUT2D eigenvalue weighted by Crippen LogP contribution is 2.20. The van der Waals surface area contributed by atoms with Gasteiger partial charge in [-0.2, -0.15) is 0 Å². The van der Waals surface area contributed by atoms with Gasteiger partial charge in [-0.25, -0.2) is 0 Å². The first-order valence-corrected chi connectivity index (χ1v) is 8.86. The van der Waals surface area contributed by atoms with E-state index in [4.69, 9.17) is 21.1 Å². The molecule has 1 N–H and O–H groups in total. The second-order valence-electron chi connectivity index (χ2n) is 5.54. The van der Waals surface area contributed by atoms with E-state index < -0.39 is 0 Å². The Kier molecular flexibility index (Phi) is 8.26. The number of benzene rings is 2. The van der Waals surface area contributed by atoms with E-state index in [1.54, 1.807) is 0 Å². The van der Waals surface area contributed by atoms with Crippen LogP contribution < -0.4 is 5.32 Å². The molecule has 2 rings (SSSR count). The summed E-state index contributed by atoms with van der Waals surface area (Å²) < 4.78 is 11.3. The van der Waals surface area contributed by atoms with Crippen molar-refractivity contribution in [1.29, 1.82) is 0 Å². The van der Waals surface area contributed by atoms with Gasteiger partial charge in [-0.05, 0) is 43.5 Å². The Morgan fingerprint density at radius 2 is 1.54 bits per heavy atom. The maximum Gasteiger partial charge on any atom is 0.169 e. The van der Waals surface area contributed by atoms with Gasteiger partial charge in [-0.15, -0.1) is 0 Å². The summed E-state index contributed by atoms with van der Waals surface area (Å²) in [7, 11) is 0. The van der Waals surface area contributed by atoms with Crippen LogP contribution in [0.5, 0.6) is 0 Å². The lowest BCUT2D eigenvalue weighted by atomic mass is 9.99. The number of nitrogens with one attached hydrogen (secondary N) is 1. The van der Waals surface area contributed by atoms with Crippen LogP contribution in [0.25, 0.3) is 0 Å². The lowest BCUT2D eigenvalue weighted by molar-refractivity contribution is -0.133. The van der Waals surface area contributed by atoms with Crippen molar-refractivity contribution in [1.82, 2.24) is 5.32 Å². The summed E-state index contributed by atoms with van der Waals surface area (Å²) in [6.07, 6.45) is 0.656. The van der Waals surface area contributed by atoms with Crippen molar-refractivity contribution in [3.05, 3.63) is 70.7 Å². The first-order valence-electron chi connectivity index (χ1n) is 8.48. The maximum absolute atomic E-state index is 5.99. The second kappa shape index (κ2) is 10.5. The van der Waals surface area contributed by atoms with Crippen LogP contribution in [0.2, 0.25) is 5.02 Å². The van der Waals surface area contributed by atoms with E-state index in [2.05, 4.69) is 41.7 Å². The van der Waals surface area contributed by atoms with E-state index in [9.17, 15) is 0 Å². The molecule has 0 aliphatic rings. The van der Waals surface area contributed by atoms with Gasteiger partial charge in [0, 0.05) is 30.8 Å². The Morgan fingerprint density at radius 1 is 0.917 bits per heavy atom. The van der Waals surface area contributed by atoms with Crippen molar-refractivity contribution in [3.8, 4) is 0 Å². The van der Waals surface area contributed by atoms with Gasteiger partial charge < -0.3 is 14.8 Å². The Morgan fingerprint density at radius 3 is 2.12 bits per heavy atom. The zero-order chi connectivity index (χ0) is 17.2. The number of hydrogen-bond donors (Lipinski definition) is 1. The first-order chi connectivity index (χ1) is 11.7. The minimum Gasteiger partial charge on any atom is -0.352 e. The summed E-state index contributed by atoms with van der Waals surface area (Å²) in [4.78, 5) is 0. The van der Waals surface area contributed by atoms with Crippen molar-refractivity contribution in [2.45, 2.75) is 32.6 Å². The molecule has 0 saturated heterocycles. The second-order valence-corrected chi connectivity index (χ2v) is 5.98. The van der Waals surface area contributed by atoms with E-state index in [1.165, 1.54) is 11.1 Å². The highest BCUT2D eigenvalue weighted by molar-refractivity contribution is 6.30. The molecular formula is C20H26ClNO2. The molecule has 3 nitrogen and oxygen atoms in total. The summed E-state index contributed by atoms with van der Waals surface area (Å²) >= 11 is 5.99. The van der Waals surface area contributed by atoms with Crippen LogP contribution in [0.4, 0.5) is 0 Å². The van der Waals surface area contributed by atoms with Crippen molar-refractivity contribution in [3.63, 3.8) is 0 Å². The monoisotopic (exact) mass is 347 g/mol. The van der Waals surface area contributed by atoms with E-state index >= 15 is 0 Å². The first kappa shape index (κ1) is 18.9. The smallest absolute Gasteiger partial charge is 0.169 e. The number of rotatable bonds is 10. The molecule has 2 aromatic rings. The highest BCUT2D eigenvalue weighted by atomic mass is 35.5. The van der Waals surface area contributed by atoms with Crippen LogP contribution in [0.15, 0.2) is 54.6 Å². The van der Waals surface area contributed by atoms with Crippen molar-refractivity contribution >= 4 is 11.6 Å². The summed E-state index contributed by atoms with van der Waals surface area (Å²) in [6.45, 7) is 5.89. The van der Waals surface area contributed by atoms with Gasteiger partial charge in [-0.1, -0.05) is 54.1 Å². The molecule has 0 bridgehead atoms. The fraction of sp³-hybridized carbons (Fsp3) is 0.400. The molecule has 24 heavy (non-hydrogen) atoms. The van der Waals surface area contributed by atoms with E-state index in [0.717, 1.165) is 11.4 Å². The number of halogens is 1. The van der Waals surface area contributed by atoms with Gasteiger partial charge in [0.25, 0.3) is 0 Å². The van der Waals surface area contributed by atoms with Crippen molar-refractivity contribution in [2.75, 3.05) is 19.8 Å².